The molecule has 0 aliphatic carbocycles. The third kappa shape index (κ3) is 9.45. The first-order valence-electron chi connectivity index (χ1n) is 7.73. The molecule has 21 heavy (non-hydrogen) atoms. The molecule has 0 fully saturated rings. The van der Waals surface area contributed by atoms with Gasteiger partial charge in [0.25, 0.3) is 0 Å². The molecule has 0 aliphatic heterocycles. The minimum absolute atomic E-state index is 0.000697. The summed E-state index contributed by atoms with van der Waals surface area (Å²) in [5.41, 5.74) is -0.000697. The van der Waals surface area contributed by atoms with E-state index >= 15 is 0 Å². The molecular weight excluding hydrogens is 290 g/mol. The van der Waals surface area contributed by atoms with Crippen LogP contribution in [-0.4, -0.2) is 38.1 Å². The summed E-state index contributed by atoms with van der Waals surface area (Å²) in [4.78, 5) is 0. The van der Waals surface area contributed by atoms with Gasteiger partial charge in [0.15, 0.2) is 0 Å². The second-order valence-electron chi connectivity index (χ2n) is 7.15. The van der Waals surface area contributed by atoms with E-state index in [0.29, 0.717) is 13.0 Å². The van der Waals surface area contributed by atoms with E-state index in [0.717, 1.165) is 38.7 Å². The fraction of sp³-hybridized carbons (Fsp3) is 1.00. The van der Waals surface area contributed by atoms with Crippen LogP contribution in [0.25, 0.3) is 0 Å². The van der Waals surface area contributed by atoms with Crippen molar-refractivity contribution in [2.24, 2.45) is 10.6 Å². The average molecular weight is 323 g/mol. The van der Waals surface area contributed by atoms with Crippen LogP contribution in [0.4, 0.5) is 0 Å². The molecule has 0 aromatic carbocycles. The highest BCUT2D eigenvalue weighted by Crippen LogP contribution is 2.22. The first-order chi connectivity index (χ1) is 9.52. The summed E-state index contributed by atoms with van der Waals surface area (Å²) < 4.78 is 27.3. The molecule has 0 amide bonds. The van der Waals surface area contributed by atoms with Gasteiger partial charge in [0.05, 0.1) is 4.75 Å². The second kappa shape index (κ2) is 9.08. The van der Waals surface area contributed by atoms with Crippen molar-refractivity contribution in [2.45, 2.75) is 71.0 Å². The Bertz CT molecular complexity index is 377. The predicted octanol–water partition coefficient (Wildman–Crippen LogP) is 2.43. The van der Waals surface area contributed by atoms with Gasteiger partial charge in [-0.2, -0.15) is 0 Å². The van der Waals surface area contributed by atoms with E-state index in [1.165, 1.54) is 0 Å². The van der Waals surface area contributed by atoms with Gasteiger partial charge in [0.1, 0.15) is 0 Å². The third-order valence-electron chi connectivity index (χ3n) is 3.91. The van der Waals surface area contributed by atoms with Gasteiger partial charge in [-0.3, -0.25) is 0 Å². The summed E-state index contributed by atoms with van der Waals surface area (Å²) in [6.45, 7) is 9.03. The molecular formula is C15H33NO4S. The van der Waals surface area contributed by atoms with E-state index in [-0.39, 0.29) is 12.0 Å². The quantitative estimate of drug-likeness (QED) is 0.540. The van der Waals surface area contributed by atoms with E-state index in [1.54, 1.807) is 13.8 Å². The number of hydrogen-bond acceptors (Lipinski definition) is 4. The van der Waals surface area contributed by atoms with Gasteiger partial charge in [-0.05, 0) is 51.4 Å². The highest BCUT2D eigenvalue weighted by molar-refractivity contribution is 7.90. The highest BCUT2D eigenvalue weighted by atomic mass is 32.2. The Hall–Kier alpha value is -0.170. The fourth-order valence-corrected chi connectivity index (χ4v) is 2.31. The molecule has 0 aliphatic rings. The van der Waals surface area contributed by atoms with Crippen LogP contribution in [-0.2, 0) is 14.8 Å². The van der Waals surface area contributed by atoms with Crippen molar-refractivity contribution in [3.8, 4) is 0 Å². The second-order valence-corrected chi connectivity index (χ2v) is 9.35. The molecule has 0 atom stereocenters. The van der Waals surface area contributed by atoms with Crippen LogP contribution >= 0.6 is 0 Å². The molecule has 3 N–H and O–H groups in total. The Morgan fingerprint density at radius 1 is 0.952 bits per heavy atom. The normalized spacial score (nSPS) is 13.6. The zero-order valence-electron chi connectivity index (χ0n) is 14.0. The van der Waals surface area contributed by atoms with Crippen LogP contribution in [0.5, 0.6) is 0 Å². The monoisotopic (exact) mass is 323 g/mol. The molecule has 0 unspecified atom stereocenters. The number of nitrogens with two attached hydrogens (primary N) is 1. The number of aliphatic hydroxyl groups is 1. The first kappa shape index (κ1) is 20.8. The van der Waals surface area contributed by atoms with Crippen molar-refractivity contribution in [1.29, 1.82) is 0 Å². The van der Waals surface area contributed by atoms with Gasteiger partial charge in [0, 0.05) is 19.8 Å². The molecule has 5 nitrogen and oxygen atoms in total. The largest absolute Gasteiger partial charge is 0.396 e. The van der Waals surface area contributed by atoms with Gasteiger partial charge < -0.3 is 9.84 Å². The van der Waals surface area contributed by atoms with Crippen LogP contribution in [0, 0.1) is 5.41 Å². The highest BCUT2D eigenvalue weighted by Gasteiger charge is 2.29. The Labute approximate surface area is 130 Å². The lowest BCUT2D eigenvalue weighted by Crippen LogP contribution is -2.37. The van der Waals surface area contributed by atoms with E-state index < -0.39 is 14.8 Å². The van der Waals surface area contributed by atoms with Crippen molar-refractivity contribution < 1.29 is 18.3 Å². The van der Waals surface area contributed by atoms with Gasteiger partial charge in [-0.1, -0.05) is 20.3 Å². The number of ether oxygens (including phenoxy) is 1. The average Bonchev–Trinajstić information content (AvgIpc) is 2.35. The van der Waals surface area contributed by atoms with Crippen molar-refractivity contribution in [2.75, 3.05) is 19.8 Å². The van der Waals surface area contributed by atoms with Gasteiger partial charge in [-0.25, -0.2) is 13.6 Å². The maximum Gasteiger partial charge on any atom is 0.214 e. The Kier molecular flexibility index (Phi) is 9.00. The Morgan fingerprint density at radius 3 is 1.86 bits per heavy atom. The van der Waals surface area contributed by atoms with Crippen LogP contribution < -0.4 is 5.14 Å². The topological polar surface area (TPSA) is 89.6 Å². The summed E-state index contributed by atoms with van der Waals surface area (Å²) in [5, 5.41) is 14.3. The molecule has 0 bridgehead atoms. The number of unbranched alkanes of at least 4 members (excludes halogenated alkanes) is 2. The van der Waals surface area contributed by atoms with Gasteiger partial charge in [0.2, 0.25) is 10.0 Å². The van der Waals surface area contributed by atoms with Crippen molar-refractivity contribution in [3.63, 3.8) is 0 Å². The number of hydrogen-bond donors (Lipinski definition) is 2. The molecule has 0 radical (unpaired) electrons. The molecule has 6 heteroatoms. The SMILES string of the molecule is CC(C)(CO)CCCCOCCCCC(C)(C)S(N)(=O)=O. The maximum atomic E-state index is 11.3. The van der Waals surface area contributed by atoms with Crippen LogP contribution in [0.2, 0.25) is 0 Å². The zero-order valence-corrected chi connectivity index (χ0v) is 14.8. The van der Waals surface area contributed by atoms with Gasteiger partial charge in [-0.15, -0.1) is 0 Å². The van der Waals surface area contributed by atoms with E-state index in [9.17, 15) is 8.42 Å². The molecule has 128 valence electrons. The van der Waals surface area contributed by atoms with Crippen LogP contribution in [0.15, 0.2) is 0 Å². The number of aliphatic hydroxyl groups excluding tert-OH is 1. The number of sulfonamides is 1. The van der Waals surface area contributed by atoms with E-state index in [1.807, 2.05) is 0 Å². The Balaban J connectivity index is 3.54. The molecule has 0 spiro atoms. The molecule has 0 aromatic heterocycles. The van der Waals surface area contributed by atoms with E-state index in [2.05, 4.69) is 13.8 Å². The number of primary sulfonamides is 1. The van der Waals surface area contributed by atoms with Crippen LogP contribution in [0.3, 0.4) is 0 Å². The predicted molar refractivity (Wildman–Crippen MR) is 86.6 cm³/mol. The summed E-state index contributed by atoms with van der Waals surface area (Å²) in [6, 6.07) is 0. The molecule has 0 saturated heterocycles. The molecule has 0 saturated carbocycles. The summed E-state index contributed by atoms with van der Waals surface area (Å²) in [6.07, 6.45) is 5.23. The summed E-state index contributed by atoms with van der Waals surface area (Å²) in [7, 11) is -3.48. The van der Waals surface area contributed by atoms with Crippen LogP contribution in [0.1, 0.15) is 66.2 Å². The number of rotatable bonds is 12. The van der Waals surface area contributed by atoms with E-state index in [4.69, 9.17) is 15.0 Å². The maximum absolute atomic E-state index is 11.3. The lowest BCUT2D eigenvalue weighted by molar-refractivity contribution is 0.114. The smallest absolute Gasteiger partial charge is 0.214 e. The van der Waals surface area contributed by atoms with Gasteiger partial charge >= 0.3 is 0 Å². The zero-order chi connectivity index (χ0) is 16.6. The molecule has 0 aromatic rings. The lowest BCUT2D eigenvalue weighted by atomic mass is 9.88. The molecule has 0 heterocycles. The lowest BCUT2D eigenvalue weighted by Gasteiger charge is -2.21. The van der Waals surface area contributed by atoms with Crippen molar-refractivity contribution in [3.05, 3.63) is 0 Å². The minimum atomic E-state index is -3.48. The Morgan fingerprint density at radius 2 is 1.43 bits per heavy atom. The summed E-state index contributed by atoms with van der Waals surface area (Å²) >= 11 is 0. The third-order valence-corrected chi connectivity index (χ3v) is 5.65. The standard InChI is InChI=1S/C15H33NO4S/c1-14(2,13-17)9-5-7-11-20-12-8-6-10-15(3,4)21(16,18)19/h17H,5-13H2,1-4H3,(H2,16,18,19). The van der Waals surface area contributed by atoms with Crippen molar-refractivity contribution >= 4 is 10.0 Å². The first-order valence-corrected chi connectivity index (χ1v) is 9.27. The molecule has 0 rings (SSSR count). The fourth-order valence-electron chi connectivity index (χ4n) is 1.89. The summed E-state index contributed by atoms with van der Waals surface area (Å²) in [5.74, 6) is 0. The van der Waals surface area contributed by atoms with Crippen molar-refractivity contribution in [1.82, 2.24) is 0 Å². The minimum Gasteiger partial charge on any atom is -0.396 e.